The van der Waals surface area contributed by atoms with Crippen LogP contribution in [0.3, 0.4) is 0 Å². The molecule has 1 aliphatic heterocycles. The van der Waals surface area contributed by atoms with Crippen LogP contribution in [0.5, 0.6) is 0 Å². The van der Waals surface area contributed by atoms with E-state index in [1.54, 1.807) is 24.3 Å². The molecule has 1 fully saturated rings. The Balaban J connectivity index is 2.23. The minimum Gasteiger partial charge on any atom is -0.465 e. The van der Waals surface area contributed by atoms with Crippen molar-refractivity contribution in [3.63, 3.8) is 0 Å². The summed E-state index contributed by atoms with van der Waals surface area (Å²) in [5, 5.41) is 14.3. The lowest BCUT2D eigenvalue weighted by atomic mass is 10.0. The van der Waals surface area contributed by atoms with Crippen molar-refractivity contribution in [2.24, 2.45) is 0 Å². The Labute approximate surface area is 103 Å². The second-order valence-electron chi connectivity index (χ2n) is 3.86. The van der Waals surface area contributed by atoms with Gasteiger partial charge in [0.15, 0.2) is 0 Å². The molecule has 1 heterocycles. The van der Waals surface area contributed by atoms with Gasteiger partial charge in [-0.15, -0.1) is 0 Å². The summed E-state index contributed by atoms with van der Waals surface area (Å²) in [6.45, 7) is 0. The SMILES string of the molecule is O=C(O)NC1CC(=O)NC1c1cccc(Cl)c1. The molecule has 90 valence electrons. The van der Waals surface area contributed by atoms with E-state index in [9.17, 15) is 9.59 Å². The number of carbonyl (C=O) groups is 2. The highest BCUT2D eigenvalue weighted by Crippen LogP contribution is 2.26. The van der Waals surface area contributed by atoms with E-state index >= 15 is 0 Å². The van der Waals surface area contributed by atoms with Crippen molar-refractivity contribution in [2.45, 2.75) is 18.5 Å². The Kier molecular flexibility index (Phi) is 3.19. The van der Waals surface area contributed by atoms with Crippen LogP contribution < -0.4 is 10.6 Å². The van der Waals surface area contributed by atoms with Gasteiger partial charge in [-0.05, 0) is 17.7 Å². The van der Waals surface area contributed by atoms with Crippen molar-refractivity contribution in [3.05, 3.63) is 34.9 Å². The number of carboxylic acid groups (broad SMARTS) is 1. The molecular weight excluding hydrogens is 244 g/mol. The van der Waals surface area contributed by atoms with Crippen LogP contribution in [0.4, 0.5) is 4.79 Å². The van der Waals surface area contributed by atoms with E-state index < -0.39 is 12.1 Å². The Bertz CT molecular complexity index is 464. The van der Waals surface area contributed by atoms with Gasteiger partial charge in [0, 0.05) is 11.4 Å². The van der Waals surface area contributed by atoms with Gasteiger partial charge in [-0.1, -0.05) is 23.7 Å². The third kappa shape index (κ3) is 2.68. The molecule has 1 aromatic carbocycles. The van der Waals surface area contributed by atoms with Crippen LogP contribution in [-0.4, -0.2) is 23.1 Å². The van der Waals surface area contributed by atoms with Crippen LogP contribution in [0.1, 0.15) is 18.0 Å². The van der Waals surface area contributed by atoms with E-state index in [0.29, 0.717) is 5.02 Å². The molecule has 0 saturated carbocycles. The number of rotatable bonds is 2. The highest BCUT2D eigenvalue weighted by Gasteiger charge is 2.34. The van der Waals surface area contributed by atoms with E-state index in [0.717, 1.165) is 5.56 Å². The maximum Gasteiger partial charge on any atom is 0.404 e. The summed E-state index contributed by atoms with van der Waals surface area (Å²) in [5.41, 5.74) is 0.794. The standard InChI is InChI=1S/C11H11ClN2O3/c12-7-3-1-2-6(4-7)10-8(13-11(16)17)5-9(15)14-10/h1-4,8,10,13H,5H2,(H,14,15)(H,16,17). The molecule has 0 radical (unpaired) electrons. The average molecular weight is 255 g/mol. The van der Waals surface area contributed by atoms with Crippen LogP contribution in [0.15, 0.2) is 24.3 Å². The van der Waals surface area contributed by atoms with E-state index in [2.05, 4.69) is 10.6 Å². The van der Waals surface area contributed by atoms with Crippen molar-refractivity contribution in [3.8, 4) is 0 Å². The van der Waals surface area contributed by atoms with Gasteiger partial charge >= 0.3 is 6.09 Å². The first kappa shape index (κ1) is 11.7. The van der Waals surface area contributed by atoms with Crippen LogP contribution >= 0.6 is 11.6 Å². The fourth-order valence-corrected chi connectivity index (χ4v) is 2.16. The lowest BCUT2D eigenvalue weighted by Crippen LogP contribution is -2.37. The van der Waals surface area contributed by atoms with Gasteiger partial charge in [-0.25, -0.2) is 4.79 Å². The molecule has 6 heteroatoms. The number of amides is 2. The van der Waals surface area contributed by atoms with Crippen molar-refractivity contribution < 1.29 is 14.7 Å². The summed E-state index contributed by atoms with van der Waals surface area (Å²) in [7, 11) is 0. The molecule has 1 saturated heterocycles. The van der Waals surface area contributed by atoms with Gasteiger partial charge in [0.2, 0.25) is 5.91 Å². The minimum absolute atomic E-state index is 0.142. The highest BCUT2D eigenvalue weighted by atomic mass is 35.5. The summed E-state index contributed by atoms with van der Waals surface area (Å²) in [6, 6.07) is 6.19. The molecule has 0 aromatic heterocycles. The van der Waals surface area contributed by atoms with Crippen molar-refractivity contribution in [1.29, 1.82) is 0 Å². The van der Waals surface area contributed by atoms with Gasteiger partial charge in [0.25, 0.3) is 0 Å². The summed E-state index contributed by atoms with van der Waals surface area (Å²) < 4.78 is 0. The molecule has 5 nitrogen and oxygen atoms in total. The fraction of sp³-hybridized carbons (Fsp3) is 0.273. The molecule has 1 aromatic rings. The first-order valence-corrected chi connectivity index (χ1v) is 5.48. The quantitative estimate of drug-likeness (QED) is 0.749. The van der Waals surface area contributed by atoms with Crippen molar-refractivity contribution in [1.82, 2.24) is 10.6 Å². The first-order chi connectivity index (χ1) is 8.06. The van der Waals surface area contributed by atoms with Gasteiger partial charge in [0.1, 0.15) is 0 Å². The summed E-state index contributed by atoms with van der Waals surface area (Å²) in [5.74, 6) is -0.172. The molecule has 0 bridgehead atoms. The number of hydrogen-bond acceptors (Lipinski definition) is 2. The maximum atomic E-state index is 11.3. The molecule has 2 amide bonds. The second kappa shape index (κ2) is 4.63. The number of carbonyl (C=O) groups excluding carboxylic acids is 1. The normalized spacial score (nSPS) is 23.2. The van der Waals surface area contributed by atoms with Crippen molar-refractivity contribution >= 4 is 23.6 Å². The van der Waals surface area contributed by atoms with Gasteiger partial charge < -0.3 is 15.7 Å². The van der Waals surface area contributed by atoms with Gasteiger partial charge in [-0.2, -0.15) is 0 Å². The Morgan fingerprint density at radius 1 is 1.53 bits per heavy atom. The van der Waals surface area contributed by atoms with E-state index in [1.165, 1.54) is 0 Å². The van der Waals surface area contributed by atoms with Crippen molar-refractivity contribution in [2.75, 3.05) is 0 Å². The third-order valence-electron chi connectivity index (χ3n) is 2.64. The Morgan fingerprint density at radius 2 is 2.29 bits per heavy atom. The van der Waals surface area contributed by atoms with Crippen LogP contribution in [0, 0.1) is 0 Å². The maximum absolute atomic E-state index is 11.3. The molecule has 17 heavy (non-hydrogen) atoms. The predicted molar refractivity (Wildman–Crippen MR) is 61.9 cm³/mol. The van der Waals surface area contributed by atoms with Crippen LogP contribution in [-0.2, 0) is 4.79 Å². The number of halogens is 1. The lowest BCUT2D eigenvalue weighted by Gasteiger charge is -2.19. The first-order valence-electron chi connectivity index (χ1n) is 5.10. The van der Waals surface area contributed by atoms with Gasteiger partial charge in [-0.3, -0.25) is 4.79 Å². The molecular formula is C11H11ClN2O3. The summed E-state index contributed by atoms with van der Waals surface area (Å²) in [6.07, 6.45) is -0.998. The van der Waals surface area contributed by atoms with E-state index in [-0.39, 0.29) is 18.4 Å². The zero-order chi connectivity index (χ0) is 12.4. The zero-order valence-electron chi connectivity index (χ0n) is 8.81. The number of nitrogens with one attached hydrogen (secondary N) is 2. The van der Waals surface area contributed by atoms with Crippen LogP contribution in [0.25, 0.3) is 0 Å². The summed E-state index contributed by atoms with van der Waals surface area (Å²) >= 11 is 5.86. The minimum atomic E-state index is -1.14. The monoisotopic (exact) mass is 254 g/mol. The number of benzene rings is 1. The number of hydrogen-bond donors (Lipinski definition) is 3. The topological polar surface area (TPSA) is 78.4 Å². The Morgan fingerprint density at radius 3 is 2.94 bits per heavy atom. The molecule has 1 aliphatic rings. The smallest absolute Gasteiger partial charge is 0.404 e. The highest BCUT2D eigenvalue weighted by molar-refractivity contribution is 6.30. The van der Waals surface area contributed by atoms with Crippen LogP contribution in [0.2, 0.25) is 5.02 Å². The van der Waals surface area contributed by atoms with E-state index in [1.807, 2.05) is 0 Å². The largest absolute Gasteiger partial charge is 0.465 e. The zero-order valence-corrected chi connectivity index (χ0v) is 9.57. The fourth-order valence-electron chi connectivity index (χ4n) is 1.96. The predicted octanol–water partition coefficient (Wildman–Crippen LogP) is 1.54. The third-order valence-corrected chi connectivity index (χ3v) is 2.88. The molecule has 2 rings (SSSR count). The lowest BCUT2D eigenvalue weighted by molar-refractivity contribution is -0.119. The molecule has 2 unspecified atom stereocenters. The molecule has 3 N–H and O–H groups in total. The molecule has 0 spiro atoms. The molecule has 0 aliphatic carbocycles. The average Bonchev–Trinajstić information content (AvgIpc) is 2.58. The Hall–Kier alpha value is -1.75. The summed E-state index contributed by atoms with van der Waals surface area (Å²) in [4.78, 5) is 22.0. The van der Waals surface area contributed by atoms with Gasteiger partial charge in [0.05, 0.1) is 12.1 Å². The molecule has 2 atom stereocenters. The van der Waals surface area contributed by atoms with E-state index in [4.69, 9.17) is 16.7 Å². The second-order valence-corrected chi connectivity index (χ2v) is 4.30.